The number of hydrogen-bond acceptors (Lipinski definition) is 5. The Morgan fingerprint density at radius 1 is 1.14 bits per heavy atom. The number of anilines is 2. The molecular formula is C22H25N5O. The van der Waals surface area contributed by atoms with Gasteiger partial charge < -0.3 is 15.1 Å². The first-order valence-corrected chi connectivity index (χ1v) is 9.67. The van der Waals surface area contributed by atoms with Crippen molar-refractivity contribution in [3.8, 4) is 0 Å². The van der Waals surface area contributed by atoms with Crippen LogP contribution in [0.5, 0.6) is 0 Å². The van der Waals surface area contributed by atoms with E-state index in [2.05, 4.69) is 20.2 Å². The van der Waals surface area contributed by atoms with Crippen molar-refractivity contribution in [3.05, 3.63) is 59.9 Å². The van der Waals surface area contributed by atoms with E-state index in [-0.39, 0.29) is 5.91 Å². The first-order valence-electron chi connectivity index (χ1n) is 9.67. The third kappa shape index (κ3) is 3.76. The lowest BCUT2D eigenvalue weighted by Crippen LogP contribution is -2.25. The largest absolute Gasteiger partial charge is 0.371 e. The van der Waals surface area contributed by atoms with Crippen LogP contribution < -0.4 is 15.1 Å². The van der Waals surface area contributed by atoms with Gasteiger partial charge in [0.1, 0.15) is 11.5 Å². The number of fused-ring (bicyclic) bond motifs is 1. The van der Waals surface area contributed by atoms with Crippen LogP contribution in [0, 0.1) is 0 Å². The molecule has 1 N–H and O–H groups in total. The van der Waals surface area contributed by atoms with Gasteiger partial charge in [0, 0.05) is 51.0 Å². The fourth-order valence-electron chi connectivity index (χ4n) is 3.59. The van der Waals surface area contributed by atoms with Gasteiger partial charge in [0.2, 0.25) is 0 Å². The molecule has 6 nitrogen and oxygen atoms in total. The molecule has 2 aromatic heterocycles. The molecule has 0 saturated carbocycles. The summed E-state index contributed by atoms with van der Waals surface area (Å²) in [5.41, 5.74) is 3.49. The minimum Gasteiger partial charge on any atom is -0.371 e. The number of nitrogens with zero attached hydrogens (tertiary/aromatic N) is 4. The summed E-state index contributed by atoms with van der Waals surface area (Å²) in [6, 6.07) is 13.9. The van der Waals surface area contributed by atoms with Crippen LogP contribution in [0.4, 0.5) is 11.5 Å². The second-order valence-electron chi connectivity index (χ2n) is 7.33. The number of aromatic nitrogens is 2. The molecule has 0 bridgehead atoms. The van der Waals surface area contributed by atoms with Crippen LogP contribution in [0.15, 0.2) is 48.7 Å². The predicted molar refractivity (Wildman–Crippen MR) is 113 cm³/mol. The smallest absolute Gasteiger partial charge is 0.270 e. The molecule has 1 aliphatic rings. The van der Waals surface area contributed by atoms with E-state index < -0.39 is 0 Å². The van der Waals surface area contributed by atoms with Crippen LogP contribution in [0.2, 0.25) is 0 Å². The van der Waals surface area contributed by atoms with Gasteiger partial charge >= 0.3 is 0 Å². The van der Waals surface area contributed by atoms with Gasteiger partial charge in [-0.05, 0) is 42.7 Å². The molecule has 0 aliphatic carbocycles. The molecule has 1 saturated heterocycles. The average molecular weight is 375 g/mol. The van der Waals surface area contributed by atoms with Crippen molar-refractivity contribution >= 4 is 28.3 Å². The fraction of sp³-hybridized carbons (Fsp3) is 0.318. The normalized spacial score (nSPS) is 13.7. The van der Waals surface area contributed by atoms with Crippen LogP contribution in [0.3, 0.4) is 0 Å². The van der Waals surface area contributed by atoms with E-state index >= 15 is 0 Å². The summed E-state index contributed by atoms with van der Waals surface area (Å²) in [7, 11) is 3.93. The molecular weight excluding hydrogens is 350 g/mol. The number of hydrogen-bond donors (Lipinski definition) is 1. The number of amides is 1. The Morgan fingerprint density at radius 2 is 1.93 bits per heavy atom. The molecule has 28 heavy (non-hydrogen) atoms. The van der Waals surface area contributed by atoms with Gasteiger partial charge in [-0.3, -0.25) is 9.78 Å². The fourth-order valence-corrected chi connectivity index (χ4v) is 3.59. The van der Waals surface area contributed by atoms with Gasteiger partial charge in [-0.2, -0.15) is 0 Å². The summed E-state index contributed by atoms with van der Waals surface area (Å²) in [5, 5.41) is 4.07. The Balaban J connectivity index is 1.54. The van der Waals surface area contributed by atoms with Gasteiger partial charge in [0.05, 0.1) is 5.52 Å². The summed E-state index contributed by atoms with van der Waals surface area (Å²) in [6.45, 7) is 2.51. The summed E-state index contributed by atoms with van der Waals surface area (Å²) in [6.07, 6.45) is 4.12. The monoisotopic (exact) mass is 375 g/mol. The highest BCUT2D eigenvalue weighted by Crippen LogP contribution is 2.23. The van der Waals surface area contributed by atoms with Crippen molar-refractivity contribution in [1.82, 2.24) is 15.3 Å². The molecule has 0 unspecified atom stereocenters. The van der Waals surface area contributed by atoms with E-state index in [1.165, 1.54) is 12.8 Å². The molecule has 1 amide bonds. The minimum absolute atomic E-state index is 0.159. The maximum absolute atomic E-state index is 12.7. The topological polar surface area (TPSA) is 61.4 Å². The molecule has 0 atom stereocenters. The SMILES string of the molecule is CN(C)c1cc(CNC(=O)c2cc(N3CCCC3)ccn2)c2ccccc2n1. The molecule has 3 aromatic rings. The highest BCUT2D eigenvalue weighted by molar-refractivity contribution is 5.93. The number of carbonyl (C=O) groups excluding carboxylic acids is 1. The summed E-state index contributed by atoms with van der Waals surface area (Å²) >= 11 is 0. The van der Waals surface area contributed by atoms with Crippen LogP contribution in [-0.4, -0.2) is 43.1 Å². The Kier molecular flexibility index (Phi) is 5.10. The van der Waals surface area contributed by atoms with Crippen molar-refractivity contribution in [2.45, 2.75) is 19.4 Å². The van der Waals surface area contributed by atoms with Gasteiger partial charge in [-0.25, -0.2) is 4.98 Å². The lowest BCUT2D eigenvalue weighted by atomic mass is 10.1. The Labute approximate surface area is 165 Å². The van der Waals surface area contributed by atoms with Gasteiger partial charge in [-0.1, -0.05) is 18.2 Å². The number of nitrogens with one attached hydrogen (secondary N) is 1. The molecule has 0 spiro atoms. The van der Waals surface area contributed by atoms with E-state index in [1.807, 2.05) is 61.5 Å². The second-order valence-corrected chi connectivity index (χ2v) is 7.33. The van der Waals surface area contributed by atoms with Crippen molar-refractivity contribution in [3.63, 3.8) is 0 Å². The molecule has 4 rings (SSSR count). The van der Waals surface area contributed by atoms with Gasteiger partial charge in [0.25, 0.3) is 5.91 Å². The van der Waals surface area contributed by atoms with Crippen LogP contribution in [-0.2, 0) is 6.54 Å². The minimum atomic E-state index is -0.159. The highest BCUT2D eigenvalue weighted by atomic mass is 16.1. The second kappa shape index (κ2) is 7.84. The zero-order chi connectivity index (χ0) is 19.5. The van der Waals surface area contributed by atoms with Crippen LogP contribution in [0.25, 0.3) is 10.9 Å². The number of carbonyl (C=O) groups is 1. The van der Waals surface area contributed by atoms with Crippen LogP contribution in [0.1, 0.15) is 28.9 Å². The Bertz CT molecular complexity index is 995. The van der Waals surface area contributed by atoms with Crippen molar-refractivity contribution < 1.29 is 4.79 Å². The lowest BCUT2D eigenvalue weighted by Gasteiger charge is -2.18. The van der Waals surface area contributed by atoms with Crippen molar-refractivity contribution in [2.75, 3.05) is 37.0 Å². The summed E-state index contributed by atoms with van der Waals surface area (Å²) in [4.78, 5) is 25.9. The third-order valence-corrected chi connectivity index (χ3v) is 5.13. The Hall–Kier alpha value is -3.15. The summed E-state index contributed by atoms with van der Waals surface area (Å²) < 4.78 is 0. The van der Waals surface area contributed by atoms with Crippen molar-refractivity contribution in [2.24, 2.45) is 0 Å². The maximum atomic E-state index is 12.7. The molecule has 3 heterocycles. The van der Waals surface area contributed by atoms with Crippen molar-refractivity contribution in [1.29, 1.82) is 0 Å². The number of para-hydroxylation sites is 1. The van der Waals surface area contributed by atoms with E-state index in [0.717, 1.165) is 41.1 Å². The first kappa shape index (κ1) is 18.2. The van der Waals surface area contributed by atoms with Gasteiger partial charge in [-0.15, -0.1) is 0 Å². The molecule has 1 aromatic carbocycles. The van der Waals surface area contributed by atoms with E-state index in [0.29, 0.717) is 12.2 Å². The number of benzene rings is 1. The van der Waals surface area contributed by atoms with E-state index in [1.54, 1.807) is 6.20 Å². The Morgan fingerprint density at radius 3 is 2.71 bits per heavy atom. The zero-order valence-electron chi connectivity index (χ0n) is 16.4. The average Bonchev–Trinajstić information content (AvgIpc) is 3.26. The van der Waals surface area contributed by atoms with Crippen LogP contribution >= 0.6 is 0 Å². The molecule has 144 valence electrons. The third-order valence-electron chi connectivity index (χ3n) is 5.13. The highest BCUT2D eigenvalue weighted by Gasteiger charge is 2.15. The summed E-state index contributed by atoms with van der Waals surface area (Å²) in [5.74, 6) is 0.713. The number of pyridine rings is 2. The molecule has 1 fully saturated rings. The van der Waals surface area contributed by atoms with E-state index in [9.17, 15) is 4.79 Å². The molecule has 0 radical (unpaired) electrons. The predicted octanol–water partition coefficient (Wildman–Crippen LogP) is 3.23. The quantitative estimate of drug-likeness (QED) is 0.742. The first-order chi connectivity index (χ1) is 13.6. The number of rotatable bonds is 5. The lowest BCUT2D eigenvalue weighted by molar-refractivity contribution is 0.0946. The van der Waals surface area contributed by atoms with E-state index in [4.69, 9.17) is 0 Å². The molecule has 1 aliphatic heterocycles. The molecule has 6 heteroatoms. The zero-order valence-corrected chi connectivity index (χ0v) is 16.4. The standard InChI is InChI=1S/C22H25N5O/c1-26(2)21-13-16(18-7-3-4-8-19(18)25-21)15-24-22(28)20-14-17(9-10-23-20)27-11-5-6-12-27/h3-4,7-10,13-14H,5-6,11-12,15H2,1-2H3,(H,24,28). The maximum Gasteiger partial charge on any atom is 0.270 e. The van der Waals surface area contributed by atoms with Gasteiger partial charge in [0.15, 0.2) is 0 Å².